The number of rotatable bonds is 10. The Hall–Kier alpha value is -0.690. The van der Waals surface area contributed by atoms with Crippen molar-refractivity contribution in [1.29, 1.82) is 0 Å². The van der Waals surface area contributed by atoms with Crippen LogP contribution in [0, 0.1) is 0 Å². The van der Waals surface area contributed by atoms with Gasteiger partial charge in [-0.3, -0.25) is 9.69 Å². The van der Waals surface area contributed by atoms with E-state index in [2.05, 4.69) is 5.32 Å². The number of hydrogen-bond donors (Lipinski definition) is 2. The molecule has 0 bridgehead atoms. The van der Waals surface area contributed by atoms with Crippen LogP contribution in [0.15, 0.2) is 0 Å². The van der Waals surface area contributed by atoms with E-state index in [4.69, 9.17) is 15.2 Å². The molecule has 3 N–H and O–H groups in total. The van der Waals surface area contributed by atoms with E-state index in [1.807, 2.05) is 18.9 Å². The Morgan fingerprint density at radius 1 is 1.53 bits per heavy atom. The van der Waals surface area contributed by atoms with E-state index >= 15 is 0 Å². The highest BCUT2D eigenvalue weighted by Gasteiger charge is 2.12. The molecule has 1 unspecified atom stereocenters. The van der Waals surface area contributed by atoms with Crippen molar-refractivity contribution < 1.29 is 14.3 Å². The van der Waals surface area contributed by atoms with Gasteiger partial charge in [-0.2, -0.15) is 0 Å². The third kappa shape index (κ3) is 9.05. The summed E-state index contributed by atoms with van der Waals surface area (Å²) in [6.45, 7) is 5.09. The maximum absolute atomic E-state index is 11.5. The summed E-state index contributed by atoms with van der Waals surface area (Å²) in [4.78, 5) is 13.4. The largest absolute Gasteiger partial charge is 0.383 e. The van der Waals surface area contributed by atoms with Crippen LogP contribution in [0.2, 0.25) is 0 Å². The Morgan fingerprint density at radius 2 is 2.24 bits per heavy atom. The first kappa shape index (κ1) is 16.3. The molecular weight excluding hydrogens is 222 g/mol. The fourth-order valence-electron chi connectivity index (χ4n) is 1.44. The van der Waals surface area contributed by atoms with Gasteiger partial charge in [-0.1, -0.05) is 0 Å². The van der Waals surface area contributed by atoms with Crippen LogP contribution in [0.25, 0.3) is 0 Å². The number of amides is 1. The molecule has 6 nitrogen and oxygen atoms in total. The van der Waals surface area contributed by atoms with Gasteiger partial charge in [0.15, 0.2) is 0 Å². The summed E-state index contributed by atoms with van der Waals surface area (Å²) >= 11 is 0. The molecule has 0 aromatic carbocycles. The molecule has 1 amide bonds. The van der Waals surface area contributed by atoms with Crippen LogP contribution in [-0.4, -0.2) is 70.5 Å². The van der Waals surface area contributed by atoms with Crippen LogP contribution in [0.1, 0.15) is 6.92 Å². The lowest BCUT2D eigenvalue weighted by molar-refractivity contribution is -0.122. The van der Waals surface area contributed by atoms with Crippen molar-refractivity contribution in [3.05, 3.63) is 0 Å². The Kier molecular flexibility index (Phi) is 10.0. The zero-order valence-electron chi connectivity index (χ0n) is 11.1. The van der Waals surface area contributed by atoms with E-state index in [1.165, 1.54) is 0 Å². The molecule has 0 heterocycles. The molecule has 0 saturated carbocycles. The van der Waals surface area contributed by atoms with Crippen LogP contribution < -0.4 is 11.1 Å². The SMILES string of the molecule is CCOC(CN)CN(C)CC(=O)NCCOC. The average Bonchev–Trinajstić information content (AvgIpc) is 2.28. The molecule has 0 aliphatic heterocycles. The van der Waals surface area contributed by atoms with Crippen LogP contribution >= 0.6 is 0 Å². The van der Waals surface area contributed by atoms with Gasteiger partial charge in [0.25, 0.3) is 0 Å². The second-order valence-electron chi connectivity index (χ2n) is 3.85. The zero-order chi connectivity index (χ0) is 13.1. The number of nitrogens with one attached hydrogen (secondary N) is 1. The molecule has 0 rings (SSSR count). The van der Waals surface area contributed by atoms with Gasteiger partial charge in [0.05, 0.1) is 19.3 Å². The Labute approximate surface area is 103 Å². The number of likely N-dealkylation sites (N-methyl/N-ethyl adjacent to an activating group) is 1. The van der Waals surface area contributed by atoms with Gasteiger partial charge in [-0.25, -0.2) is 0 Å². The molecule has 6 heteroatoms. The van der Waals surface area contributed by atoms with Crippen LogP contribution in [0.3, 0.4) is 0 Å². The monoisotopic (exact) mass is 247 g/mol. The topological polar surface area (TPSA) is 76.8 Å². The van der Waals surface area contributed by atoms with Gasteiger partial charge >= 0.3 is 0 Å². The molecule has 17 heavy (non-hydrogen) atoms. The van der Waals surface area contributed by atoms with Crippen molar-refractivity contribution in [1.82, 2.24) is 10.2 Å². The minimum Gasteiger partial charge on any atom is -0.383 e. The molecule has 0 fully saturated rings. The van der Waals surface area contributed by atoms with Gasteiger partial charge in [0.1, 0.15) is 0 Å². The minimum atomic E-state index is -0.0169. The molecule has 0 aliphatic carbocycles. The summed E-state index contributed by atoms with van der Waals surface area (Å²) in [7, 11) is 3.48. The third-order valence-corrected chi connectivity index (χ3v) is 2.22. The van der Waals surface area contributed by atoms with Crippen LogP contribution in [0.4, 0.5) is 0 Å². The summed E-state index contributed by atoms with van der Waals surface area (Å²) < 4.78 is 10.3. The average molecular weight is 247 g/mol. The summed E-state index contributed by atoms with van der Waals surface area (Å²) in [5, 5.41) is 2.76. The molecule has 0 spiro atoms. The second kappa shape index (κ2) is 10.5. The number of methoxy groups -OCH3 is 1. The molecule has 0 radical (unpaired) electrons. The van der Waals surface area contributed by atoms with Crippen LogP contribution in [0.5, 0.6) is 0 Å². The van der Waals surface area contributed by atoms with Crippen molar-refractivity contribution in [2.24, 2.45) is 5.73 Å². The fourth-order valence-corrected chi connectivity index (χ4v) is 1.44. The Balaban J connectivity index is 3.75. The first-order chi connectivity index (χ1) is 8.13. The maximum Gasteiger partial charge on any atom is 0.234 e. The van der Waals surface area contributed by atoms with E-state index in [-0.39, 0.29) is 12.0 Å². The Morgan fingerprint density at radius 3 is 2.76 bits per heavy atom. The van der Waals surface area contributed by atoms with E-state index in [9.17, 15) is 4.79 Å². The van der Waals surface area contributed by atoms with Crippen molar-refractivity contribution in [3.8, 4) is 0 Å². The fraction of sp³-hybridized carbons (Fsp3) is 0.909. The summed E-state index contributed by atoms with van der Waals surface area (Å²) in [6.07, 6.45) is -0.0169. The van der Waals surface area contributed by atoms with E-state index in [1.54, 1.807) is 7.11 Å². The number of ether oxygens (including phenoxy) is 2. The van der Waals surface area contributed by atoms with Crippen molar-refractivity contribution in [2.45, 2.75) is 13.0 Å². The Bertz CT molecular complexity index is 202. The molecular formula is C11H25N3O3. The lowest BCUT2D eigenvalue weighted by Gasteiger charge is -2.22. The van der Waals surface area contributed by atoms with Crippen molar-refractivity contribution in [2.75, 3.05) is 53.6 Å². The molecule has 0 aromatic heterocycles. The van der Waals surface area contributed by atoms with Gasteiger partial charge in [0.2, 0.25) is 5.91 Å². The lowest BCUT2D eigenvalue weighted by Crippen LogP contribution is -2.42. The predicted molar refractivity (Wildman–Crippen MR) is 66.9 cm³/mol. The number of hydrogen-bond acceptors (Lipinski definition) is 5. The molecule has 0 aliphatic rings. The minimum absolute atomic E-state index is 0.0168. The smallest absolute Gasteiger partial charge is 0.234 e. The van der Waals surface area contributed by atoms with Crippen molar-refractivity contribution in [3.63, 3.8) is 0 Å². The normalized spacial score (nSPS) is 12.8. The first-order valence-electron chi connectivity index (χ1n) is 5.89. The highest BCUT2D eigenvalue weighted by atomic mass is 16.5. The number of carbonyl (C=O) groups excluding carboxylic acids is 1. The van der Waals surface area contributed by atoms with E-state index in [0.717, 1.165) is 0 Å². The second-order valence-corrected chi connectivity index (χ2v) is 3.85. The lowest BCUT2D eigenvalue weighted by atomic mass is 10.3. The standard InChI is InChI=1S/C11H25N3O3/c1-4-17-10(7-12)8-14(2)9-11(15)13-5-6-16-3/h10H,4-9,12H2,1-3H3,(H,13,15). The van der Waals surface area contributed by atoms with Crippen LogP contribution in [-0.2, 0) is 14.3 Å². The number of nitrogens with zero attached hydrogens (tertiary/aromatic N) is 1. The highest BCUT2D eigenvalue weighted by Crippen LogP contribution is 1.93. The number of nitrogens with two attached hydrogens (primary N) is 1. The predicted octanol–water partition coefficient (Wildman–Crippen LogP) is -0.955. The van der Waals surface area contributed by atoms with Gasteiger partial charge in [-0.05, 0) is 14.0 Å². The summed E-state index contributed by atoms with van der Waals surface area (Å²) in [5.41, 5.74) is 5.57. The maximum atomic E-state index is 11.5. The van der Waals surface area contributed by atoms with E-state index < -0.39 is 0 Å². The quantitative estimate of drug-likeness (QED) is 0.487. The molecule has 1 atom stereocenters. The molecule has 0 aromatic rings. The van der Waals surface area contributed by atoms with Gasteiger partial charge in [0, 0.05) is 33.4 Å². The first-order valence-corrected chi connectivity index (χ1v) is 5.89. The molecule has 102 valence electrons. The van der Waals surface area contributed by atoms with Gasteiger partial charge in [-0.15, -0.1) is 0 Å². The zero-order valence-corrected chi connectivity index (χ0v) is 11.1. The number of carbonyl (C=O) groups is 1. The van der Waals surface area contributed by atoms with Gasteiger partial charge < -0.3 is 20.5 Å². The third-order valence-electron chi connectivity index (χ3n) is 2.22. The molecule has 0 saturated heterocycles. The van der Waals surface area contributed by atoms with Crippen molar-refractivity contribution >= 4 is 5.91 Å². The summed E-state index contributed by atoms with van der Waals surface area (Å²) in [6, 6.07) is 0. The summed E-state index contributed by atoms with van der Waals surface area (Å²) in [5.74, 6) is -0.0168. The highest BCUT2D eigenvalue weighted by molar-refractivity contribution is 5.77. The van der Waals surface area contributed by atoms with E-state index in [0.29, 0.717) is 39.4 Å².